The highest BCUT2D eigenvalue weighted by Gasteiger charge is 2.07. The second-order valence-corrected chi connectivity index (χ2v) is 4.45. The van der Waals surface area contributed by atoms with E-state index in [1.165, 1.54) is 12.7 Å². The van der Waals surface area contributed by atoms with Gasteiger partial charge in [-0.15, -0.1) is 0 Å². The van der Waals surface area contributed by atoms with Gasteiger partial charge in [-0.2, -0.15) is 0 Å². The summed E-state index contributed by atoms with van der Waals surface area (Å²) in [5.41, 5.74) is 2.30. The van der Waals surface area contributed by atoms with Crippen molar-refractivity contribution in [2.75, 3.05) is 26.9 Å². The third-order valence-corrected chi connectivity index (χ3v) is 2.74. The maximum atomic E-state index is 11.5. The Morgan fingerprint density at radius 3 is 2.74 bits per heavy atom. The first-order valence-electron chi connectivity index (χ1n) is 6.16. The Morgan fingerprint density at radius 1 is 1.37 bits per heavy atom. The van der Waals surface area contributed by atoms with Gasteiger partial charge in [-0.25, -0.2) is 0 Å². The monoisotopic (exact) mass is 267 g/mol. The van der Waals surface area contributed by atoms with Crippen molar-refractivity contribution in [3.05, 3.63) is 29.3 Å². The highest BCUT2D eigenvalue weighted by molar-refractivity contribution is 5.77. The fourth-order valence-electron chi connectivity index (χ4n) is 1.49. The molecule has 0 aliphatic heterocycles. The van der Waals surface area contributed by atoms with Crippen LogP contribution >= 0.6 is 0 Å². The number of methoxy groups -OCH3 is 1. The van der Waals surface area contributed by atoms with Crippen molar-refractivity contribution in [3.8, 4) is 5.75 Å². The number of ether oxygens (including phenoxy) is 2. The van der Waals surface area contributed by atoms with Gasteiger partial charge in [-0.3, -0.25) is 4.79 Å². The van der Waals surface area contributed by atoms with E-state index in [0.29, 0.717) is 5.75 Å². The summed E-state index contributed by atoms with van der Waals surface area (Å²) in [5, 5.41) is 11.9. The zero-order valence-corrected chi connectivity index (χ0v) is 11.6. The van der Waals surface area contributed by atoms with Gasteiger partial charge in [-0.1, -0.05) is 6.07 Å². The molecule has 1 unspecified atom stereocenters. The molecule has 1 aromatic carbocycles. The molecular weight excluding hydrogens is 246 g/mol. The minimum Gasteiger partial charge on any atom is -0.484 e. The Hall–Kier alpha value is -1.59. The summed E-state index contributed by atoms with van der Waals surface area (Å²) in [7, 11) is 1.49. The summed E-state index contributed by atoms with van der Waals surface area (Å²) in [5.74, 6) is 0.393. The van der Waals surface area contributed by atoms with E-state index in [4.69, 9.17) is 9.47 Å². The molecule has 2 N–H and O–H groups in total. The number of amides is 1. The highest BCUT2D eigenvalue weighted by Crippen LogP contribution is 2.16. The molecular formula is C14H21NO4. The summed E-state index contributed by atoms with van der Waals surface area (Å²) >= 11 is 0. The van der Waals surface area contributed by atoms with Crippen molar-refractivity contribution in [1.82, 2.24) is 5.32 Å². The lowest BCUT2D eigenvalue weighted by molar-refractivity contribution is -0.123. The Labute approximate surface area is 113 Å². The fraction of sp³-hybridized carbons (Fsp3) is 0.500. The number of aryl methyl sites for hydroxylation is 2. The first-order valence-corrected chi connectivity index (χ1v) is 6.16. The number of hydrogen-bond acceptors (Lipinski definition) is 4. The lowest BCUT2D eigenvalue weighted by atomic mass is 10.1. The summed E-state index contributed by atoms with van der Waals surface area (Å²) in [4.78, 5) is 11.5. The van der Waals surface area contributed by atoms with Crippen LogP contribution in [0, 0.1) is 13.8 Å². The molecule has 0 bridgehead atoms. The predicted molar refractivity (Wildman–Crippen MR) is 72.3 cm³/mol. The first-order chi connectivity index (χ1) is 9.02. The van der Waals surface area contributed by atoms with Crippen LogP contribution in [-0.2, 0) is 9.53 Å². The van der Waals surface area contributed by atoms with Gasteiger partial charge in [0, 0.05) is 13.7 Å². The minimum absolute atomic E-state index is 0.0673. The van der Waals surface area contributed by atoms with E-state index in [-0.39, 0.29) is 25.7 Å². The molecule has 0 spiro atoms. The molecule has 1 aromatic rings. The number of carbonyl (C=O) groups excluding carboxylic acids is 1. The van der Waals surface area contributed by atoms with Gasteiger partial charge in [0.15, 0.2) is 6.61 Å². The molecule has 0 fully saturated rings. The third kappa shape index (κ3) is 5.72. The topological polar surface area (TPSA) is 67.8 Å². The van der Waals surface area contributed by atoms with Gasteiger partial charge >= 0.3 is 0 Å². The molecule has 0 radical (unpaired) electrons. The normalized spacial score (nSPS) is 12.0. The summed E-state index contributed by atoms with van der Waals surface area (Å²) < 4.78 is 10.1. The van der Waals surface area contributed by atoms with Gasteiger partial charge in [0.2, 0.25) is 0 Å². The second-order valence-electron chi connectivity index (χ2n) is 4.45. The number of aliphatic hydroxyl groups is 1. The van der Waals surface area contributed by atoms with Crippen molar-refractivity contribution in [1.29, 1.82) is 0 Å². The molecule has 19 heavy (non-hydrogen) atoms. The van der Waals surface area contributed by atoms with Gasteiger partial charge < -0.3 is 19.9 Å². The van der Waals surface area contributed by atoms with E-state index in [1.54, 1.807) is 0 Å². The Kier molecular flexibility index (Phi) is 6.32. The predicted octanol–water partition coefficient (Wildman–Crippen LogP) is 0.806. The molecule has 106 valence electrons. The average molecular weight is 267 g/mol. The zero-order valence-electron chi connectivity index (χ0n) is 11.6. The minimum atomic E-state index is -0.699. The van der Waals surface area contributed by atoms with E-state index in [1.807, 2.05) is 32.0 Å². The number of benzene rings is 1. The molecule has 1 amide bonds. The van der Waals surface area contributed by atoms with Crippen LogP contribution in [0.4, 0.5) is 0 Å². The van der Waals surface area contributed by atoms with Crippen molar-refractivity contribution in [3.63, 3.8) is 0 Å². The van der Waals surface area contributed by atoms with Crippen LogP contribution in [0.2, 0.25) is 0 Å². The molecule has 0 aliphatic rings. The van der Waals surface area contributed by atoms with E-state index >= 15 is 0 Å². The van der Waals surface area contributed by atoms with Crippen LogP contribution in [0.5, 0.6) is 5.75 Å². The van der Waals surface area contributed by atoms with Crippen LogP contribution in [-0.4, -0.2) is 44.0 Å². The van der Waals surface area contributed by atoms with Crippen molar-refractivity contribution >= 4 is 5.91 Å². The Morgan fingerprint density at radius 2 is 2.11 bits per heavy atom. The van der Waals surface area contributed by atoms with E-state index in [2.05, 4.69) is 5.32 Å². The zero-order chi connectivity index (χ0) is 14.3. The number of aliphatic hydroxyl groups excluding tert-OH is 1. The molecule has 1 rings (SSSR count). The van der Waals surface area contributed by atoms with E-state index < -0.39 is 6.10 Å². The van der Waals surface area contributed by atoms with Crippen LogP contribution in [0.25, 0.3) is 0 Å². The van der Waals surface area contributed by atoms with Crippen molar-refractivity contribution in [2.45, 2.75) is 20.0 Å². The fourth-order valence-corrected chi connectivity index (χ4v) is 1.49. The smallest absolute Gasteiger partial charge is 0.258 e. The maximum absolute atomic E-state index is 11.5. The standard InChI is InChI=1S/C14H21NO4/c1-10-4-5-13(6-11(10)2)19-9-14(17)15-7-12(16)8-18-3/h4-6,12,16H,7-9H2,1-3H3,(H,15,17). The number of hydrogen-bond donors (Lipinski definition) is 2. The van der Waals surface area contributed by atoms with Crippen molar-refractivity contribution in [2.24, 2.45) is 0 Å². The van der Waals surface area contributed by atoms with Crippen LogP contribution < -0.4 is 10.1 Å². The highest BCUT2D eigenvalue weighted by atomic mass is 16.5. The van der Waals surface area contributed by atoms with Crippen molar-refractivity contribution < 1.29 is 19.4 Å². The van der Waals surface area contributed by atoms with Gasteiger partial charge in [-0.05, 0) is 37.1 Å². The van der Waals surface area contributed by atoms with Crippen LogP contribution in [0.1, 0.15) is 11.1 Å². The molecule has 5 heteroatoms. The summed E-state index contributed by atoms with van der Waals surface area (Å²) in [6, 6.07) is 5.67. The molecule has 0 saturated heterocycles. The molecule has 5 nitrogen and oxygen atoms in total. The van der Waals surface area contributed by atoms with Crippen LogP contribution in [0.15, 0.2) is 18.2 Å². The number of rotatable bonds is 7. The lowest BCUT2D eigenvalue weighted by Gasteiger charge is -2.11. The average Bonchev–Trinajstić information content (AvgIpc) is 2.38. The number of carbonyl (C=O) groups is 1. The van der Waals surface area contributed by atoms with Gasteiger partial charge in [0.25, 0.3) is 5.91 Å². The van der Waals surface area contributed by atoms with Gasteiger partial charge in [0.1, 0.15) is 5.75 Å². The Balaban J connectivity index is 2.31. The van der Waals surface area contributed by atoms with Crippen LogP contribution in [0.3, 0.4) is 0 Å². The third-order valence-electron chi connectivity index (χ3n) is 2.74. The molecule has 1 atom stereocenters. The molecule has 0 saturated carbocycles. The molecule has 0 aliphatic carbocycles. The van der Waals surface area contributed by atoms with E-state index in [0.717, 1.165) is 5.56 Å². The Bertz CT molecular complexity index is 420. The quantitative estimate of drug-likeness (QED) is 0.767. The first kappa shape index (κ1) is 15.5. The van der Waals surface area contributed by atoms with E-state index in [9.17, 15) is 9.90 Å². The summed E-state index contributed by atoms with van der Waals surface area (Å²) in [6.45, 7) is 4.29. The summed E-state index contributed by atoms with van der Waals surface area (Å²) in [6.07, 6.45) is -0.699. The largest absolute Gasteiger partial charge is 0.484 e. The SMILES string of the molecule is COCC(O)CNC(=O)COc1ccc(C)c(C)c1. The molecule has 0 heterocycles. The second kappa shape index (κ2) is 7.76. The van der Waals surface area contributed by atoms with Gasteiger partial charge in [0.05, 0.1) is 12.7 Å². The lowest BCUT2D eigenvalue weighted by Crippen LogP contribution is -2.36. The molecule has 0 aromatic heterocycles. The maximum Gasteiger partial charge on any atom is 0.258 e. The number of nitrogens with one attached hydrogen (secondary N) is 1.